The van der Waals surface area contributed by atoms with Crippen molar-refractivity contribution < 1.29 is 9.90 Å². The number of amides is 1. The highest BCUT2D eigenvalue weighted by molar-refractivity contribution is 6.31. The van der Waals surface area contributed by atoms with Gasteiger partial charge in [0.1, 0.15) is 5.69 Å². The molecule has 1 aromatic carbocycles. The van der Waals surface area contributed by atoms with Crippen molar-refractivity contribution in [2.24, 2.45) is 0 Å². The third-order valence-corrected chi connectivity index (χ3v) is 3.56. The maximum atomic E-state index is 12.2. The van der Waals surface area contributed by atoms with Crippen molar-refractivity contribution in [1.82, 2.24) is 9.88 Å². The Labute approximate surface area is 115 Å². The van der Waals surface area contributed by atoms with Crippen LogP contribution in [-0.4, -0.2) is 40.1 Å². The summed E-state index contributed by atoms with van der Waals surface area (Å²) in [7, 11) is 0. The molecular weight excluding hydrogens is 264 g/mol. The summed E-state index contributed by atoms with van der Waals surface area (Å²) in [5.41, 5.74) is 1.10. The second kappa shape index (κ2) is 4.79. The zero-order chi connectivity index (χ0) is 13.4. The lowest BCUT2D eigenvalue weighted by Crippen LogP contribution is -2.30. The average Bonchev–Trinajstić information content (AvgIpc) is 2.83. The van der Waals surface area contributed by atoms with Gasteiger partial charge in [0.25, 0.3) is 5.91 Å². The number of fused-ring (bicyclic) bond motifs is 1. The second-order valence-electron chi connectivity index (χ2n) is 4.73. The number of aliphatic hydroxyl groups excluding tert-OH is 1. The summed E-state index contributed by atoms with van der Waals surface area (Å²) in [6.07, 6.45) is 0.212. The Bertz CT molecular complexity index is 644. The van der Waals surface area contributed by atoms with E-state index in [9.17, 15) is 9.90 Å². The number of carbonyl (C=O) groups is 1. The van der Waals surface area contributed by atoms with Gasteiger partial charge < -0.3 is 10.0 Å². The van der Waals surface area contributed by atoms with E-state index in [1.165, 1.54) is 0 Å². The number of β-amino-alcohol motifs (C(OH)–C–C–N with tert-alkyl or cyclic N) is 1. The zero-order valence-corrected chi connectivity index (χ0v) is 11.0. The van der Waals surface area contributed by atoms with Crippen molar-refractivity contribution in [3.63, 3.8) is 0 Å². The summed E-state index contributed by atoms with van der Waals surface area (Å²) in [4.78, 5) is 18.2. The van der Waals surface area contributed by atoms with E-state index in [0.29, 0.717) is 35.7 Å². The Balaban J connectivity index is 1.94. The summed E-state index contributed by atoms with van der Waals surface area (Å²) >= 11 is 5.93. The van der Waals surface area contributed by atoms with Crippen molar-refractivity contribution in [3.8, 4) is 0 Å². The molecule has 1 fully saturated rings. The quantitative estimate of drug-likeness (QED) is 0.868. The average molecular weight is 277 g/mol. The van der Waals surface area contributed by atoms with Gasteiger partial charge in [-0.2, -0.15) is 0 Å². The van der Waals surface area contributed by atoms with E-state index in [1.54, 1.807) is 23.1 Å². The van der Waals surface area contributed by atoms with Crippen LogP contribution in [0.2, 0.25) is 5.02 Å². The van der Waals surface area contributed by atoms with Crippen molar-refractivity contribution in [1.29, 1.82) is 0 Å². The summed E-state index contributed by atoms with van der Waals surface area (Å²) in [6.45, 7) is 0.962. The first-order valence-corrected chi connectivity index (χ1v) is 6.55. The van der Waals surface area contributed by atoms with Crippen molar-refractivity contribution in [2.45, 2.75) is 12.5 Å². The molecule has 0 bridgehead atoms. The zero-order valence-electron chi connectivity index (χ0n) is 10.2. The highest BCUT2D eigenvalue weighted by Gasteiger charge is 2.26. The van der Waals surface area contributed by atoms with Gasteiger partial charge in [0.15, 0.2) is 0 Å². The first kappa shape index (κ1) is 12.4. The monoisotopic (exact) mass is 276 g/mol. The fourth-order valence-electron chi connectivity index (χ4n) is 2.30. The number of hydrogen-bond acceptors (Lipinski definition) is 3. The fraction of sp³-hybridized carbons (Fsp3) is 0.286. The molecular formula is C14H13ClN2O2. The number of aromatic nitrogens is 1. The Morgan fingerprint density at radius 3 is 2.89 bits per heavy atom. The van der Waals surface area contributed by atoms with Gasteiger partial charge in [-0.3, -0.25) is 4.79 Å². The van der Waals surface area contributed by atoms with E-state index < -0.39 is 6.10 Å². The minimum Gasteiger partial charge on any atom is -0.391 e. The van der Waals surface area contributed by atoms with Gasteiger partial charge in [-0.25, -0.2) is 4.98 Å². The SMILES string of the molecule is O=C(c1ccc2ccc(Cl)cc2n1)N1CC[C@H](O)C1. The van der Waals surface area contributed by atoms with Gasteiger partial charge in [-0.05, 0) is 24.6 Å². The molecule has 5 heteroatoms. The standard InChI is InChI=1S/C14H13ClN2O2/c15-10-3-1-9-2-4-12(16-13(9)7-10)14(19)17-6-5-11(18)8-17/h1-4,7,11,18H,5-6,8H2/t11-/m0/s1. The molecule has 0 radical (unpaired) electrons. The molecule has 98 valence electrons. The molecule has 19 heavy (non-hydrogen) atoms. The molecule has 1 aliphatic rings. The molecule has 0 aliphatic carbocycles. The Morgan fingerprint density at radius 2 is 2.16 bits per heavy atom. The summed E-state index contributed by atoms with van der Waals surface area (Å²) < 4.78 is 0. The fourth-order valence-corrected chi connectivity index (χ4v) is 2.46. The second-order valence-corrected chi connectivity index (χ2v) is 5.16. The number of aliphatic hydroxyl groups is 1. The number of rotatable bonds is 1. The predicted octanol–water partition coefficient (Wildman–Crippen LogP) is 2.09. The van der Waals surface area contributed by atoms with Gasteiger partial charge in [0.2, 0.25) is 0 Å². The van der Waals surface area contributed by atoms with Gasteiger partial charge in [0.05, 0.1) is 11.6 Å². The molecule has 0 saturated carbocycles. The Morgan fingerprint density at radius 1 is 1.37 bits per heavy atom. The molecule has 1 saturated heterocycles. The molecule has 1 amide bonds. The lowest BCUT2D eigenvalue weighted by molar-refractivity contribution is 0.0759. The highest BCUT2D eigenvalue weighted by atomic mass is 35.5. The largest absolute Gasteiger partial charge is 0.391 e. The van der Waals surface area contributed by atoms with Crippen LogP contribution in [0.25, 0.3) is 10.9 Å². The molecule has 1 aliphatic heterocycles. The van der Waals surface area contributed by atoms with Crippen LogP contribution in [0.15, 0.2) is 30.3 Å². The highest BCUT2D eigenvalue weighted by Crippen LogP contribution is 2.19. The van der Waals surface area contributed by atoms with Crippen molar-refractivity contribution >= 4 is 28.4 Å². The van der Waals surface area contributed by atoms with E-state index in [4.69, 9.17) is 11.6 Å². The van der Waals surface area contributed by atoms with E-state index in [-0.39, 0.29) is 5.91 Å². The van der Waals surface area contributed by atoms with Crippen LogP contribution < -0.4 is 0 Å². The molecule has 0 unspecified atom stereocenters. The molecule has 1 aromatic heterocycles. The van der Waals surface area contributed by atoms with E-state index >= 15 is 0 Å². The van der Waals surface area contributed by atoms with Gasteiger partial charge >= 0.3 is 0 Å². The number of halogens is 1. The van der Waals surface area contributed by atoms with Crippen molar-refractivity contribution in [2.75, 3.05) is 13.1 Å². The molecule has 1 atom stereocenters. The van der Waals surface area contributed by atoms with E-state index in [0.717, 1.165) is 5.39 Å². The van der Waals surface area contributed by atoms with Crippen LogP contribution in [0.4, 0.5) is 0 Å². The number of nitrogens with zero attached hydrogens (tertiary/aromatic N) is 2. The molecule has 0 spiro atoms. The van der Waals surface area contributed by atoms with E-state index in [2.05, 4.69) is 4.98 Å². The topological polar surface area (TPSA) is 53.4 Å². The molecule has 2 heterocycles. The lowest BCUT2D eigenvalue weighted by Gasteiger charge is -2.15. The number of carbonyl (C=O) groups excluding carboxylic acids is 1. The van der Waals surface area contributed by atoms with Crippen LogP contribution >= 0.6 is 11.6 Å². The van der Waals surface area contributed by atoms with E-state index in [1.807, 2.05) is 12.1 Å². The molecule has 2 aromatic rings. The lowest BCUT2D eigenvalue weighted by atomic mass is 10.2. The van der Waals surface area contributed by atoms with Crippen LogP contribution in [-0.2, 0) is 0 Å². The maximum Gasteiger partial charge on any atom is 0.272 e. The first-order valence-electron chi connectivity index (χ1n) is 6.17. The van der Waals surface area contributed by atoms with Crippen LogP contribution in [0.3, 0.4) is 0 Å². The summed E-state index contributed by atoms with van der Waals surface area (Å²) in [5.74, 6) is -0.140. The number of benzene rings is 1. The molecule has 3 rings (SSSR count). The summed E-state index contributed by atoms with van der Waals surface area (Å²) in [6, 6.07) is 8.98. The van der Waals surface area contributed by atoms with Crippen LogP contribution in [0.5, 0.6) is 0 Å². The first-order chi connectivity index (χ1) is 9.13. The number of hydrogen-bond donors (Lipinski definition) is 1. The van der Waals surface area contributed by atoms with Gasteiger partial charge in [0, 0.05) is 23.5 Å². The number of pyridine rings is 1. The van der Waals surface area contributed by atoms with Gasteiger partial charge in [-0.1, -0.05) is 23.7 Å². The maximum absolute atomic E-state index is 12.2. The third-order valence-electron chi connectivity index (χ3n) is 3.32. The Kier molecular flexibility index (Phi) is 3.12. The summed E-state index contributed by atoms with van der Waals surface area (Å²) in [5, 5.41) is 11.0. The minimum absolute atomic E-state index is 0.140. The predicted molar refractivity (Wildman–Crippen MR) is 73.3 cm³/mol. The van der Waals surface area contributed by atoms with Gasteiger partial charge in [-0.15, -0.1) is 0 Å². The number of likely N-dealkylation sites (tertiary alicyclic amines) is 1. The molecule has 1 N–H and O–H groups in total. The Hall–Kier alpha value is -1.65. The van der Waals surface area contributed by atoms with Crippen LogP contribution in [0, 0.1) is 0 Å². The normalized spacial score (nSPS) is 19.1. The molecule has 4 nitrogen and oxygen atoms in total. The smallest absolute Gasteiger partial charge is 0.272 e. The minimum atomic E-state index is -0.418. The van der Waals surface area contributed by atoms with Crippen LogP contribution in [0.1, 0.15) is 16.9 Å². The van der Waals surface area contributed by atoms with Crippen molar-refractivity contribution in [3.05, 3.63) is 41.0 Å². The third kappa shape index (κ3) is 2.41.